The first-order valence-corrected chi connectivity index (χ1v) is 13.8. The molecule has 0 radical (unpaired) electrons. The van der Waals surface area contributed by atoms with Crippen LogP contribution in [0.15, 0.2) is 70.5 Å². The summed E-state index contributed by atoms with van der Waals surface area (Å²) in [6, 6.07) is 16.6. The lowest BCUT2D eigenvalue weighted by Crippen LogP contribution is -2.36. The minimum absolute atomic E-state index is 0.0310. The number of hydrogen-bond donors (Lipinski definition) is 3. The number of quaternary nitrogens is 1. The van der Waals surface area contributed by atoms with Crippen molar-refractivity contribution in [2.24, 2.45) is 5.14 Å². The third-order valence-electron chi connectivity index (χ3n) is 6.55. The monoisotopic (exact) mass is 535 g/mol. The molecule has 0 spiro atoms. The molecule has 4 aromatic rings. The zero-order valence-corrected chi connectivity index (χ0v) is 22.4. The lowest BCUT2D eigenvalue weighted by Gasteiger charge is -2.29. The van der Waals surface area contributed by atoms with Crippen LogP contribution in [-0.2, 0) is 14.8 Å². The number of rotatable bonds is 6. The number of aromatic nitrogens is 2. The Morgan fingerprint density at radius 1 is 1.03 bits per heavy atom. The Balaban J connectivity index is 1.58. The van der Waals surface area contributed by atoms with E-state index < -0.39 is 10.0 Å². The molecule has 2 aromatic heterocycles. The van der Waals surface area contributed by atoms with Crippen LogP contribution in [0.5, 0.6) is 0 Å². The van der Waals surface area contributed by atoms with Gasteiger partial charge in [-0.3, -0.25) is 9.28 Å². The Hall–Kier alpha value is -3.77. The molecule has 0 bridgehead atoms. The largest absolute Gasteiger partial charge is 0.378 e. The van der Waals surface area contributed by atoms with Gasteiger partial charge in [-0.25, -0.2) is 18.5 Å². The van der Waals surface area contributed by atoms with E-state index in [4.69, 9.17) is 14.9 Å². The first-order chi connectivity index (χ1) is 18.0. The predicted molar refractivity (Wildman–Crippen MR) is 151 cm³/mol. The van der Waals surface area contributed by atoms with Gasteiger partial charge < -0.3 is 19.9 Å². The van der Waals surface area contributed by atoms with E-state index in [9.17, 15) is 13.2 Å². The highest BCUT2D eigenvalue weighted by Gasteiger charge is 2.25. The second-order valence-electron chi connectivity index (χ2n) is 10.1. The second kappa shape index (κ2) is 9.84. The van der Waals surface area contributed by atoms with Crippen molar-refractivity contribution in [1.29, 1.82) is 0 Å². The molecule has 0 atom stereocenters. The number of anilines is 3. The van der Waals surface area contributed by atoms with E-state index in [1.54, 1.807) is 24.4 Å². The van der Waals surface area contributed by atoms with Crippen molar-refractivity contribution in [3.8, 4) is 11.3 Å². The van der Waals surface area contributed by atoms with Gasteiger partial charge in [0.25, 0.3) is 5.56 Å². The first kappa shape index (κ1) is 25.9. The Morgan fingerprint density at radius 2 is 1.74 bits per heavy atom. The van der Waals surface area contributed by atoms with E-state index in [1.807, 2.05) is 51.5 Å². The average molecular weight is 536 g/mol. The van der Waals surface area contributed by atoms with Crippen molar-refractivity contribution in [2.45, 2.75) is 4.90 Å². The first-order valence-electron chi connectivity index (χ1n) is 12.2. The standard InChI is InChI=1S/C27H30N6O4S/c1-33(2,3)23-9-4-18(17-24(23)38(28,35)36)22-16-19-10-11-29-27(34)25(19)26(31-22)30-20-5-7-21(8-6-20)32-12-14-37-15-13-32/h4-11,16-17H,12-15H2,1-3H3,(H3-,28,29,30,31,34,35,36)/p+1. The zero-order chi connectivity index (χ0) is 27.1. The van der Waals surface area contributed by atoms with Gasteiger partial charge in [0, 0.05) is 42.3 Å². The van der Waals surface area contributed by atoms with E-state index in [1.165, 1.54) is 6.07 Å². The maximum Gasteiger partial charge on any atom is 0.259 e. The van der Waals surface area contributed by atoms with Crippen LogP contribution in [0.4, 0.5) is 22.9 Å². The molecule has 0 amide bonds. The number of pyridine rings is 2. The topological polar surface area (TPSA) is 130 Å². The second-order valence-corrected chi connectivity index (χ2v) is 11.7. The van der Waals surface area contributed by atoms with Gasteiger partial charge in [-0.2, -0.15) is 0 Å². The summed E-state index contributed by atoms with van der Waals surface area (Å²) in [5.41, 5.74) is 3.22. The minimum Gasteiger partial charge on any atom is -0.378 e. The zero-order valence-electron chi connectivity index (χ0n) is 21.6. The lowest BCUT2D eigenvalue weighted by molar-refractivity contribution is 0.122. The molecular formula is C27H31N6O4S+. The number of nitrogens with two attached hydrogens (primary N) is 1. The van der Waals surface area contributed by atoms with Crippen LogP contribution in [0.2, 0.25) is 0 Å². The van der Waals surface area contributed by atoms with Crippen molar-refractivity contribution >= 4 is 43.7 Å². The number of benzene rings is 2. The third kappa shape index (κ3) is 5.27. The quantitative estimate of drug-likeness (QED) is 0.324. The molecule has 11 heteroatoms. The summed E-state index contributed by atoms with van der Waals surface area (Å²) >= 11 is 0. The van der Waals surface area contributed by atoms with Crippen molar-refractivity contribution < 1.29 is 13.2 Å². The molecule has 1 aliphatic heterocycles. The van der Waals surface area contributed by atoms with Crippen LogP contribution in [0.25, 0.3) is 22.0 Å². The molecular weight excluding hydrogens is 504 g/mol. The Labute approximate surface area is 221 Å². The minimum atomic E-state index is -3.99. The number of ether oxygens (including phenoxy) is 1. The Kier molecular flexibility index (Phi) is 6.70. The van der Waals surface area contributed by atoms with Crippen molar-refractivity contribution in [3.63, 3.8) is 0 Å². The van der Waals surface area contributed by atoms with E-state index in [2.05, 4.69) is 15.2 Å². The molecule has 5 rings (SSSR count). The van der Waals surface area contributed by atoms with E-state index in [0.29, 0.717) is 46.7 Å². The number of fused-ring (bicyclic) bond motifs is 1. The fraction of sp³-hybridized carbons (Fsp3) is 0.259. The Morgan fingerprint density at radius 3 is 2.39 bits per heavy atom. The van der Waals surface area contributed by atoms with Crippen LogP contribution in [0.1, 0.15) is 0 Å². The highest BCUT2D eigenvalue weighted by molar-refractivity contribution is 7.89. The third-order valence-corrected chi connectivity index (χ3v) is 7.49. The summed E-state index contributed by atoms with van der Waals surface area (Å²) < 4.78 is 30.7. The number of nitrogens with zero attached hydrogens (tertiary/aromatic N) is 3. The molecule has 3 heterocycles. The molecule has 0 saturated carbocycles. The summed E-state index contributed by atoms with van der Waals surface area (Å²) in [6.07, 6.45) is 1.57. The van der Waals surface area contributed by atoms with Gasteiger partial charge in [0.05, 0.1) is 45.4 Å². The molecule has 38 heavy (non-hydrogen) atoms. The molecule has 198 valence electrons. The maximum absolute atomic E-state index is 12.8. The molecule has 2 aromatic carbocycles. The maximum atomic E-state index is 12.8. The average Bonchev–Trinajstić information content (AvgIpc) is 2.88. The van der Waals surface area contributed by atoms with E-state index >= 15 is 0 Å². The summed E-state index contributed by atoms with van der Waals surface area (Å²) in [5, 5.41) is 9.94. The lowest BCUT2D eigenvalue weighted by atomic mass is 10.1. The number of H-pyrrole nitrogens is 1. The van der Waals surface area contributed by atoms with Gasteiger partial charge in [0.2, 0.25) is 10.0 Å². The number of hydrogen-bond acceptors (Lipinski definition) is 7. The number of aromatic amines is 1. The molecule has 10 nitrogen and oxygen atoms in total. The van der Waals surface area contributed by atoms with Crippen LogP contribution >= 0.6 is 0 Å². The van der Waals surface area contributed by atoms with Gasteiger partial charge in [-0.05, 0) is 53.9 Å². The highest BCUT2D eigenvalue weighted by Crippen LogP contribution is 2.33. The van der Waals surface area contributed by atoms with E-state index in [-0.39, 0.29) is 14.9 Å². The molecule has 1 aliphatic rings. The number of sulfonamides is 1. The number of primary sulfonamides is 1. The van der Waals surface area contributed by atoms with Crippen LogP contribution < -0.4 is 25.4 Å². The summed E-state index contributed by atoms with van der Waals surface area (Å²) in [6.45, 7) is 3.08. The molecule has 1 saturated heterocycles. The number of nitrogens with one attached hydrogen (secondary N) is 2. The van der Waals surface area contributed by atoms with Gasteiger partial charge in [0.15, 0.2) is 5.69 Å². The smallest absolute Gasteiger partial charge is 0.259 e. The predicted octanol–water partition coefficient (Wildman–Crippen LogP) is 3.01. The molecule has 1 fully saturated rings. The van der Waals surface area contributed by atoms with Gasteiger partial charge in [-0.1, -0.05) is 0 Å². The highest BCUT2D eigenvalue weighted by atomic mass is 32.2. The van der Waals surface area contributed by atoms with Crippen LogP contribution in [-0.4, -0.2) is 65.8 Å². The van der Waals surface area contributed by atoms with Crippen molar-refractivity contribution in [1.82, 2.24) is 14.5 Å². The SMILES string of the molecule is C[N+](C)(C)c1ccc(-c2cc3cc[nH]c(=O)c3c(Nc3ccc(N4CCOCC4)cc3)n2)cc1S(N)(=O)=O. The summed E-state index contributed by atoms with van der Waals surface area (Å²) in [7, 11) is 1.62. The summed E-state index contributed by atoms with van der Waals surface area (Å²) in [4.78, 5) is 22.5. The molecule has 0 aliphatic carbocycles. The fourth-order valence-electron chi connectivity index (χ4n) is 4.62. The number of morpholine rings is 1. The van der Waals surface area contributed by atoms with Crippen molar-refractivity contribution in [2.75, 3.05) is 57.7 Å². The molecule has 4 N–H and O–H groups in total. The van der Waals surface area contributed by atoms with Gasteiger partial charge in [0.1, 0.15) is 10.7 Å². The van der Waals surface area contributed by atoms with Gasteiger partial charge >= 0.3 is 0 Å². The van der Waals surface area contributed by atoms with Crippen LogP contribution in [0.3, 0.4) is 0 Å². The fourth-order valence-corrected chi connectivity index (χ4v) is 5.55. The molecule has 0 unspecified atom stereocenters. The normalized spacial score (nSPS) is 14.6. The summed E-state index contributed by atoms with van der Waals surface area (Å²) in [5.74, 6) is 0.367. The van der Waals surface area contributed by atoms with E-state index in [0.717, 1.165) is 24.5 Å². The Bertz CT molecular complexity index is 1650. The van der Waals surface area contributed by atoms with Gasteiger partial charge in [-0.15, -0.1) is 0 Å². The van der Waals surface area contributed by atoms with Crippen LogP contribution in [0, 0.1) is 0 Å². The van der Waals surface area contributed by atoms with Crippen molar-refractivity contribution in [3.05, 3.63) is 71.1 Å².